The average molecular weight is 324 g/mol. The Morgan fingerprint density at radius 3 is 2.43 bits per heavy atom. The van der Waals surface area contributed by atoms with E-state index < -0.39 is 17.9 Å². The quantitative estimate of drug-likeness (QED) is 0.614. The number of imide groups is 2. The van der Waals surface area contributed by atoms with Gasteiger partial charge in [0.2, 0.25) is 11.8 Å². The van der Waals surface area contributed by atoms with Crippen molar-refractivity contribution < 1.29 is 23.9 Å². The molecule has 1 saturated heterocycles. The van der Waals surface area contributed by atoms with Crippen LogP contribution in [0.4, 0.5) is 4.79 Å². The van der Waals surface area contributed by atoms with Gasteiger partial charge >= 0.3 is 12.0 Å². The van der Waals surface area contributed by atoms with Crippen LogP contribution >= 0.6 is 0 Å². The van der Waals surface area contributed by atoms with Crippen LogP contribution in [0.15, 0.2) is 0 Å². The Labute approximate surface area is 135 Å². The fraction of sp³-hybridized carbons (Fsp3) is 0.750. The summed E-state index contributed by atoms with van der Waals surface area (Å²) in [4.78, 5) is 48.7. The van der Waals surface area contributed by atoms with Crippen LogP contribution < -0.4 is 5.32 Å². The predicted octanol–water partition coefficient (Wildman–Crippen LogP) is 1.75. The van der Waals surface area contributed by atoms with Gasteiger partial charge in [-0.15, -0.1) is 0 Å². The van der Waals surface area contributed by atoms with Gasteiger partial charge in [-0.05, 0) is 32.1 Å². The highest BCUT2D eigenvalue weighted by atomic mass is 16.5. The highest BCUT2D eigenvalue weighted by Crippen LogP contribution is 2.28. The summed E-state index contributed by atoms with van der Waals surface area (Å²) in [7, 11) is 0. The molecule has 1 N–H and O–H groups in total. The number of carbonyl (C=O) groups is 4. The normalized spacial score (nSPS) is 28.5. The van der Waals surface area contributed by atoms with Crippen molar-refractivity contribution in [1.82, 2.24) is 10.2 Å². The van der Waals surface area contributed by atoms with Crippen LogP contribution in [-0.2, 0) is 19.1 Å². The molecule has 0 bridgehead atoms. The van der Waals surface area contributed by atoms with Crippen molar-refractivity contribution >= 4 is 23.8 Å². The Bertz CT molecular complexity index is 497. The molecule has 1 aliphatic heterocycles. The number of hydrogen-bond donors (Lipinski definition) is 1. The summed E-state index contributed by atoms with van der Waals surface area (Å²) in [5.41, 5.74) is 0. The summed E-state index contributed by atoms with van der Waals surface area (Å²) in [6.07, 6.45) is 4.39. The first kappa shape index (κ1) is 17.4. The zero-order chi connectivity index (χ0) is 17.0. The molecule has 128 valence electrons. The molecule has 7 nitrogen and oxygen atoms in total. The molecule has 0 aromatic carbocycles. The minimum absolute atomic E-state index is 0.149. The second kappa shape index (κ2) is 7.57. The van der Waals surface area contributed by atoms with E-state index >= 15 is 0 Å². The molecule has 7 heteroatoms. The topological polar surface area (TPSA) is 92.8 Å². The van der Waals surface area contributed by atoms with E-state index in [4.69, 9.17) is 4.74 Å². The van der Waals surface area contributed by atoms with Crippen LogP contribution in [-0.4, -0.2) is 40.9 Å². The van der Waals surface area contributed by atoms with Gasteiger partial charge in [0.15, 0.2) is 0 Å². The van der Waals surface area contributed by atoms with Crippen molar-refractivity contribution in [2.24, 2.45) is 5.92 Å². The number of carbonyl (C=O) groups excluding carboxylic acids is 4. The van der Waals surface area contributed by atoms with Crippen LogP contribution in [0.25, 0.3) is 0 Å². The summed E-state index contributed by atoms with van der Waals surface area (Å²) in [5.74, 6) is -1.95. The van der Waals surface area contributed by atoms with Crippen molar-refractivity contribution in [1.29, 1.82) is 0 Å². The van der Waals surface area contributed by atoms with Crippen LogP contribution in [0.5, 0.6) is 0 Å². The molecule has 1 heterocycles. The van der Waals surface area contributed by atoms with Crippen molar-refractivity contribution in [3.63, 3.8) is 0 Å². The number of nitrogens with one attached hydrogen (secondary N) is 1. The maximum atomic E-state index is 12.6. The van der Waals surface area contributed by atoms with Gasteiger partial charge in [0.1, 0.15) is 12.0 Å². The molecule has 0 aromatic heterocycles. The largest absolute Gasteiger partial charge is 0.463 e. The summed E-state index contributed by atoms with van der Waals surface area (Å²) in [6.45, 7) is 3.36. The molecule has 0 aromatic rings. The van der Waals surface area contributed by atoms with Gasteiger partial charge in [-0.2, -0.15) is 0 Å². The molecule has 0 spiro atoms. The fourth-order valence-corrected chi connectivity index (χ4v) is 3.30. The maximum Gasteiger partial charge on any atom is 0.331 e. The third-order valence-corrected chi connectivity index (χ3v) is 4.49. The number of amides is 4. The second-order valence-corrected chi connectivity index (χ2v) is 6.24. The summed E-state index contributed by atoms with van der Waals surface area (Å²) in [6, 6.07) is -0.852. The minimum Gasteiger partial charge on any atom is -0.463 e. The summed E-state index contributed by atoms with van der Waals surface area (Å²) >= 11 is 0. The Morgan fingerprint density at radius 1 is 1.22 bits per heavy atom. The maximum absolute atomic E-state index is 12.6. The van der Waals surface area contributed by atoms with E-state index in [0.717, 1.165) is 12.8 Å². The highest BCUT2D eigenvalue weighted by Gasteiger charge is 2.44. The summed E-state index contributed by atoms with van der Waals surface area (Å²) in [5, 5.41) is 2.30. The molecule has 1 atom stereocenters. The van der Waals surface area contributed by atoms with E-state index in [9.17, 15) is 19.2 Å². The van der Waals surface area contributed by atoms with Gasteiger partial charge in [-0.3, -0.25) is 24.6 Å². The lowest BCUT2D eigenvalue weighted by atomic mass is 9.89. The van der Waals surface area contributed by atoms with Gasteiger partial charge < -0.3 is 4.74 Å². The fourth-order valence-electron chi connectivity index (χ4n) is 3.30. The number of esters is 1. The Hall–Kier alpha value is -1.92. The lowest BCUT2D eigenvalue weighted by Crippen LogP contribution is -2.61. The summed E-state index contributed by atoms with van der Waals surface area (Å²) < 4.78 is 5.17. The smallest absolute Gasteiger partial charge is 0.331 e. The SMILES string of the molecule is CCCC[C@@H]1C(=O)NC(=O)N(C2CCC(OC(C)=O)CC2)C1=O. The van der Waals surface area contributed by atoms with Crippen LogP contribution in [0.3, 0.4) is 0 Å². The highest BCUT2D eigenvalue weighted by molar-refractivity contribution is 6.16. The number of barbiturate groups is 1. The van der Waals surface area contributed by atoms with E-state index in [2.05, 4.69) is 5.32 Å². The molecule has 1 saturated carbocycles. The molecule has 23 heavy (non-hydrogen) atoms. The number of unbranched alkanes of at least 4 members (excludes halogenated alkanes) is 1. The third-order valence-electron chi connectivity index (χ3n) is 4.49. The Kier molecular flexibility index (Phi) is 5.74. The number of ether oxygens (including phenoxy) is 1. The lowest BCUT2D eigenvalue weighted by molar-refractivity contribution is -0.151. The van der Waals surface area contributed by atoms with Crippen molar-refractivity contribution in [3.05, 3.63) is 0 Å². The molecular formula is C16H24N2O5. The molecule has 2 aliphatic rings. The molecule has 4 amide bonds. The van der Waals surface area contributed by atoms with Gasteiger partial charge in [-0.1, -0.05) is 19.8 Å². The van der Waals surface area contributed by atoms with Crippen molar-refractivity contribution in [2.75, 3.05) is 0 Å². The monoisotopic (exact) mass is 324 g/mol. The first-order chi connectivity index (χ1) is 10.9. The second-order valence-electron chi connectivity index (χ2n) is 6.24. The molecule has 0 unspecified atom stereocenters. The third kappa shape index (κ3) is 4.09. The number of hydrogen-bond acceptors (Lipinski definition) is 5. The molecule has 1 aliphatic carbocycles. The van der Waals surface area contributed by atoms with E-state index in [1.54, 1.807) is 0 Å². The van der Waals surface area contributed by atoms with Gasteiger partial charge in [0, 0.05) is 13.0 Å². The van der Waals surface area contributed by atoms with Gasteiger partial charge in [0.05, 0.1) is 0 Å². The van der Waals surface area contributed by atoms with Crippen LogP contribution in [0.2, 0.25) is 0 Å². The predicted molar refractivity (Wildman–Crippen MR) is 81.2 cm³/mol. The molecule has 2 fully saturated rings. The van der Waals surface area contributed by atoms with E-state index in [0.29, 0.717) is 32.1 Å². The van der Waals surface area contributed by atoms with Crippen LogP contribution in [0, 0.1) is 5.92 Å². The molecule has 2 rings (SSSR count). The first-order valence-corrected chi connectivity index (χ1v) is 8.29. The van der Waals surface area contributed by atoms with Crippen LogP contribution in [0.1, 0.15) is 58.8 Å². The first-order valence-electron chi connectivity index (χ1n) is 8.29. The molecule has 0 radical (unpaired) electrons. The zero-order valence-electron chi connectivity index (χ0n) is 13.7. The molecular weight excluding hydrogens is 300 g/mol. The van der Waals surface area contributed by atoms with E-state index in [-0.39, 0.29) is 24.0 Å². The van der Waals surface area contributed by atoms with Gasteiger partial charge in [-0.25, -0.2) is 4.79 Å². The number of rotatable bonds is 5. The Balaban J connectivity index is 2.00. The number of nitrogens with zero attached hydrogens (tertiary/aromatic N) is 1. The zero-order valence-corrected chi connectivity index (χ0v) is 13.7. The van der Waals surface area contributed by atoms with Crippen molar-refractivity contribution in [2.45, 2.75) is 70.9 Å². The number of urea groups is 1. The Morgan fingerprint density at radius 2 is 1.87 bits per heavy atom. The average Bonchev–Trinajstić information content (AvgIpc) is 2.48. The lowest BCUT2D eigenvalue weighted by Gasteiger charge is -2.38. The van der Waals surface area contributed by atoms with Crippen molar-refractivity contribution in [3.8, 4) is 0 Å². The van der Waals surface area contributed by atoms with E-state index in [1.165, 1.54) is 11.8 Å². The minimum atomic E-state index is -0.765. The standard InChI is InChI=1S/C16H24N2O5/c1-3-4-5-13-14(20)17-16(22)18(15(13)21)11-6-8-12(9-7-11)23-10(2)19/h11-13H,3-9H2,1-2H3,(H,17,20,22)/t11?,12?,13-/m1/s1. The van der Waals surface area contributed by atoms with Gasteiger partial charge in [0.25, 0.3) is 0 Å². The van der Waals surface area contributed by atoms with E-state index in [1.807, 2.05) is 6.92 Å².